The van der Waals surface area contributed by atoms with Gasteiger partial charge in [0.25, 0.3) is 0 Å². The average Bonchev–Trinajstić information content (AvgIpc) is 2.62. The molecule has 8 heteroatoms. The molecule has 1 heterocycles. The quantitative estimate of drug-likeness (QED) is 0.263. The maximum atomic E-state index is 11.9. The number of carbonyl (C=O) groups is 1. The third-order valence-corrected chi connectivity index (χ3v) is 5.09. The summed E-state index contributed by atoms with van der Waals surface area (Å²) in [7, 11) is 1.73. The Labute approximate surface area is 181 Å². The predicted molar refractivity (Wildman–Crippen MR) is 119 cm³/mol. The fourth-order valence-corrected chi connectivity index (χ4v) is 3.85. The Hall–Kier alpha value is -0.610. The Morgan fingerprint density at radius 2 is 1.78 bits per heavy atom. The lowest BCUT2D eigenvalue weighted by atomic mass is 9.80. The molecule has 1 saturated heterocycles. The molecule has 1 aliphatic heterocycles. The van der Waals surface area contributed by atoms with E-state index in [9.17, 15) is 4.79 Å². The minimum absolute atomic E-state index is 0. The molecule has 2 fully saturated rings. The number of aliphatic imine (C=N–C) groups is 1. The van der Waals surface area contributed by atoms with Crippen LogP contribution in [-0.4, -0.2) is 74.4 Å². The monoisotopic (exact) mass is 496 g/mol. The molecule has 0 radical (unpaired) electrons. The predicted octanol–water partition coefficient (Wildman–Crippen LogP) is 2.15. The zero-order chi connectivity index (χ0) is 19.0. The molecule has 0 bridgehead atoms. The van der Waals surface area contributed by atoms with Gasteiger partial charge in [0.2, 0.25) is 0 Å². The van der Waals surface area contributed by atoms with Crippen LogP contribution in [0, 0.1) is 0 Å². The van der Waals surface area contributed by atoms with Crippen molar-refractivity contribution in [3.63, 3.8) is 0 Å². The highest BCUT2D eigenvalue weighted by Crippen LogP contribution is 2.33. The smallest absolute Gasteiger partial charge is 0.325 e. The van der Waals surface area contributed by atoms with Crippen LogP contribution in [0.1, 0.15) is 52.9 Å². The van der Waals surface area contributed by atoms with Crippen LogP contribution in [0.5, 0.6) is 0 Å². The molecule has 1 aliphatic carbocycles. The van der Waals surface area contributed by atoms with E-state index in [1.165, 1.54) is 32.1 Å². The van der Waals surface area contributed by atoms with Crippen molar-refractivity contribution in [1.82, 2.24) is 15.5 Å². The van der Waals surface area contributed by atoms with Crippen LogP contribution in [0.25, 0.3) is 0 Å². The van der Waals surface area contributed by atoms with Crippen molar-refractivity contribution >= 4 is 35.9 Å². The number of hydrogen-bond donors (Lipinski definition) is 2. The summed E-state index contributed by atoms with van der Waals surface area (Å²) in [6.45, 7) is 10.2. The Morgan fingerprint density at radius 1 is 1.15 bits per heavy atom. The fraction of sp³-hybridized carbons (Fsp3) is 0.895. The fourth-order valence-electron chi connectivity index (χ4n) is 3.85. The number of guanidine groups is 1. The van der Waals surface area contributed by atoms with E-state index in [1.54, 1.807) is 7.05 Å². The molecule has 158 valence electrons. The van der Waals surface area contributed by atoms with Gasteiger partial charge in [-0.15, -0.1) is 24.0 Å². The van der Waals surface area contributed by atoms with Gasteiger partial charge >= 0.3 is 5.97 Å². The number of esters is 1. The second-order valence-corrected chi connectivity index (χ2v) is 8.25. The Morgan fingerprint density at radius 3 is 2.33 bits per heavy atom. The number of nitrogens with one attached hydrogen (secondary N) is 2. The van der Waals surface area contributed by atoms with Crippen molar-refractivity contribution in [1.29, 1.82) is 0 Å². The summed E-state index contributed by atoms with van der Waals surface area (Å²) in [6, 6.07) is 0. The number of ether oxygens (including phenoxy) is 2. The van der Waals surface area contributed by atoms with Crippen LogP contribution >= 0.6 is 24.0 Å². The molecule has 27 heavy (non-hydrogen) atoms. The van der Waals surface area contributed by atoms with Gasteiger partial charge in [-0.25, -0.2) is 0 Å². The minimum atomic E-state index is -0.474. The van der Waals surface area contributed by atoms with Crippen molar-refractivity contribution in [3.05, 3.63) is 0 Å². The summed E-state index contributed by atoms with van der Waals surface area (Å²) in [6.07, 6.45) is 6.25. The van der Waals surface area contributed by atoms with Crippen LogP contribution < -0.4 is 10.6 Å². The molecular weight excluding hydrogens is 459 g/mol. The van der Waals surface area contributed by atoms with Crippen molar-refractivity contribution in [3.8, 4) is 0 Å². The van der Waals surface area contributed by atoms with Crippen molar-refractivity contribution in [2.24, 2.45) is 4.99 Å². The highest BCUT2D eigenvalue weighted by molar-refractivity contribution is 14.0. The first-order valence-electron chi connectivity index (χ1n) is 9.84. The normalized spacial score (nSPS) is 21.1. The van der Waals surface area contributed by atoms with Crippen molar-refractivity contribution < 1.29 is 14.3 Å². The van der Waals surface area contributed by atoms with Gasteiger partial charge in [-0.2, -0.15) is 0 Å². The van der Waals surface area contributed by atoms with E-state index < -0.39 is 5.60 Å². The standard InChI is InChI=1S/C19H36N4O3.HI/c1-18(2,3)26-16(24)14-21-17(20-4)22-15-19(8-6-5-7-9-19)23-10-12-25-13-11-23;/h5-15H2,1-4H3,(H2,20,21,22);1H. The largest absolute Gasteiger partial charge is 0.459 e. The number of nitrogens with zero attached hydrogens (tertiary/aromatic N) is 2. The molecule has 0 aromatic heterocycles. The van der Waals surface area contributed by atoms with Gasteiger partial charge in [0.15, 0.2) is 5.96 Å². The third kappa shape index (κ3) is 8.11. The Bertz CT molecular complexity index is 482. The van der Waals surface area contributed by atoms with Crippen LogP contribution in [0.4, 0.5) is 0 Å². The van der Waals surface area contributed by atoms with Gasteiger partial charge in [-0.1, -0.05) is 19.3 Å². The Balaban J connectivity index is 0.00000364. The first-order chi connectivity index (χ1) is 12.3. The van der Waals surface area contributed by atoms with Crippen LogP contribution in [0.15, 0.2) is 4.99 Å². The lowest BCUT2D eigenvalue weighted by Gasteiger charge is -2.48. The molecule has 0 aromatic rings. The zero-order valence-corrected chi connectivity index (χ0v) is 19.6. The van der Waals surface area contributed by atoms with Gasteiger partial charge in [0, 0.05) is 32.2 Å². The number of hydrogen-bond acceptors (Lipinski definition) is 5. The maximum absolute atomic E-state index is 11.9. The molecule has 1 saturated carbocycles. The van der Waals surface area contributed by atoms with E-state index >= 15 is 0 Å². The van der Waals surface area contributed by atoms with Crippen LogP contribution in [-0.2, 0) is 14.3 Å². The van der Waals surface area contributed by atoms with Gasteiger partial charge in [-0.05, 0) is 33.6 Å². The summed E-state index contributed by atoms with van der Waals surface area (Å²) in [5, 5.41) is 6.52. The third-order valence-electron chi connectivity index (χ3n) is 5.09. The van der Waals surface area contributed by atoms with E-state index in [4.69, 9.17) is 9.47 Å². The highest BCUT2D eigenvalue weighted by Gasteiger charge is 2.38. The lowest BCUT2D eigenvalue weighted by Crippen LogP contribution is -2.60. The van der Waals surface area contributed by atoms with Gasteiger partial charge < -0.3 is 20.1 Å². The number of halogens is 1. The molecule has 0 amide bonds. The summed E-state index contributed by atoms with van der Waals surface area (Å²) >= 11 is 0. The molecule has 0 unspecified atom stereocenters. The van der Waals surface area contributed by atoms with Crippen LogP contribution in [0.3, 0.4) is 0 Å². The van der Waals surface area contributed by atoms with Gasteiger partial charge in [-0.3, -0.25) is 14.7 Å². The summed E-state index contributed by atoms with van der Waals surface area (Å²) < 4.78 is 10.9. The molecule has 0 spiro atoms. The SMILES string of the molecule is CN=C(NCC(=O)OC(C)(C)C)NCC1(N2CCOCC2)CCCCC1.I. The number of rotatable bonds is 5. The van der Waals surface area contributed by atoms with E-state index in [2.05, 4.69) is 20.5 Å². The topological polar surface area (TPSA) is 75.2 Å². The first-order valence-corrected chi connectivity index (χ1v) is 9.84. The Kier molecular flexibility index (Phi) is 10.3. The number of morpholine rings is 1. The minimum Gasteiger partial charge on any atom is -0.459 e. The van der Waals surface area contributed by atoms with Crippen molar-refractivity contribution in [2.45, 2.75) is 64.0 Å². The molecule has 2 rings (SSSR count). The van der Waals surface area contributed by atoms with E-state index in [-0.39, 0.29) is 42.0 Å². The van der Waals surface area contributed by atoms with Gasteiger partial charge in [0.05, 0.1) is 13.2 Å². The molecule has 0 aromatic carbocycles. The summed E-state index contributed by atoms with van der Waals surface area (Å²) in [4.78, 5) is 18.8. The number of carbonyl (C=O) groups excluding carboxylic acids is 1. The summed E-state index contributed by atoms with van der Waals surface area (Å²) in [5.74, 6) is 0.370. The molecular formula is C19H37IN4O3. The highest BCUT2D eigenvalue weighted by atomic mass is 127. The van der Waals surface area contributed by atoms with Gasteiger partial charge in [0.1, 0.15) is 12.1 Å². The van der Waals surface area contributed by atoms with E-state index in [0.717, 1.165) is 32.8 Å². The molecule has 7 nitrogen and oxygen atoms in total. The molecule has 0 atom stereocenters. The summed E-state index contributed by atoms with van der Waals surface area (Å²) in [5.41, 5.74) is -0.316. The average molecular weight is 496 g/mol. The van der Waals surface area contributed by atoms with E-state index in [0.29, 0.717) is 5.96 Å². The molecule has 2 aliphatic rings. The second-order valence-electron chi connectivity index (χ2n) is 8.25. The maximum Gasteiger partial charge on any atom is 0.325 e. The van der Waals surface area contributed by atoms with E-state index in [1.807, 2.05) is 20.8 Å². The van der Waals surface area contributed by atoms with Crippen molar-refractivity contribution in [2.75, 3.05) is 46.4 Å². The zero-order valence-electron chi connectivity index (χ0n) is 17.3. The molecule has 2 N–H and O–H groups in total. The second kappa shape index (κ2) is 11.4. The first kappa shape index (κ1) is 24.4. The van der Waals surface area contributed by atoms with Crippen LogP contribution in [0.2, 0.25) is 0 Å². The lowest BCUT2D eigenvalue weighted by molar-refractivity contribution is -0.153.